The molecule has 0 saturated carbocycles. The van der Waals surface area contributed by atoms with Crippen LogP contribution in [0.3, 0.4) is 0 Å². The highest BCUT2D eigenvalue weighted by atomic mass is 16.5. The van der Waals surface area contributed by atoms with Crippen LogP contribution in [0.25, 0.3) is 11.1 Å². The highest BCUT2D eigenvalue weighted by Gasteiger charge is 2.31. The number of hydrogen-bond acceptors (Lipinski definition) is 3. The van der Waals surface area contributed by atoms with E-state index >= 15 is 0 Å². The highest BCUT2D eigenvalue weighted by Crippen LogP contribution is 2.46. The van der Waals surface area contributed by atoms with Gasteiger partial charge in [-0.25, -0.2) is 9.59 Å². The molecule has 2 N–H and O–H groups in total. The number of amides is 1. The first kappa shape index (κ1) is 19.0. The number of nitrogens with one attached hydrogen (secondary N) is 1. The highest BCUT2D eigenvalue weighted by molar-refractivity contribution is 5.81. The van der Waals surface area contributed by atoms with Crippen molar-refractivity contribution in [3.8, 4) is 11.1 Å². The van der Waals surface area contributed by atoms with E-state index in [2.05, 4.69) is 36.5 Å². The van der Waals surface area contributed by atoms with Gasteiger partial charge in [-0.2, -0.15) is 0 Å². The molecule has 5 nitrogen and oxygen atoms in total. The number of rotatable bonds is 6. The molecule has 1 aliphatic carbocycles. The Kier molecular flexibility index (Phi) is 5.49. The molecule has 0 aliphatic heterocycles. The predicted octanol–water partition coefficient (Wildman–Crippen LogP) is 4.33. The van der Waals surface area contributed by atoms with Crippen molar-refractivity contribution in [1.29, 1.82) is 0 Å². The molecule has 0 bridgehead atoms. The second kappa shape index (κ2) is 7.82. The zero-order chi connectivity index (χ0) is 19.6. The van der Waals surface area contributed by atoms with Crippen molar-refractivity contribution in [3.05, 3.63) is 59.2 Å². The first-order valence-electron chi connectivity index (χ1n) is 9.23. The van der Waals surface area contributed by atoms with E-state index < -0.39 is 18.1 Å². The number of aliphatic carboxylic acids is 1. The van der Waals surface area contributed by atoms with Crippen LogP contribution < -0.4 is 5.32 Å². The fraction of sp³-hybridized carbons (Fsp3) is 0.364. The standard InChI is InChI=1S/C22H25NO4/c1-13(2)11-19(21(24)25)23-22(26)27-12-18-16-9-5-4-8-15(16)17-10-6-7-14(3)20(17)18/h4-10,13,18-19H,11-12H2,1-3H3,(H,23,26)(H,24,25)/t18?,19-/m0/s1. The van der Waals surface area contributed by atoms with E-state index in [0.29, 0.717) is 6.42 Å². The number of alkyl carbamates (subject to hydrolysis) is 1. The van der Waals surface area contributed by atoms with E-state index in [1.54, 1.807) is 0 Å². The molecule has 142 valence electrons. The molecule has 1 unspecified atom stereocenters. The molecule has 0 heterocycles. The van der Waals surface area contributed by atoms with E-state index in [1.165, 1.54) is 11.1 Å². The molecule has 2 atom stereocenters. The van der Waals surface area contributed by atoms with Crippen molar-refractivity contribution in [2.75, 3.05) is 6.61 Å². The van der Waals surface area contributed by atoms with Crippen LogP contribution in [-0.2, 0) is 9.53 Å². The SMILES string of the molecule is Cc1cccc2c1C(COC(=O)N[C@@H](CC(C)C)C(=O)O)c1ccccc1-2. The number of fused-ring (bicyclic) bond motifs is 3. The third kappa shape index (κ3) is 3.97. The zero-order valence-corrected chi connectivity index (χ0v) is 15.9. The lowest BCUT2D eigenvalue weighted by Crippen LogP contribution is -2.42. The normalized spacial score (nSPS) is 15.8. The van der Waals surface area contributed by atoms with Crippen molar-refractivity contribution < 1.29 is 19.4 Å². The third-order valence-electron chi connectivity index (χ3n) is 4.98. The molecule has 0 radical (unpaired) electrons. The Labute approximate surface area is 159 Å². The van der Waals surface area contributed by atoms with E-state index in [1.807, 2.05) is 32.0 Å². The number of carbonyl (C=O) groups excluding carboxylic acids is 1. The van der Waals surface area contributed by atoms with Crippen LogP contribution in [0.4, 0.5) is 4.79 Å². The van der Waals surface area contributed by atoms with Gasteiger partial charge >= 0.3 is 12.1 Å². The maximum atomic E-state index is 12.2. The van der Waals surface area contributed by atoms with Gasteiger partial charge in [0.15, 0.2) is 0 Å². The summed E-state index contributed by atoms with van der Waals surface area (Å²) in [6.07, 6.45) is -0.332. The smallest absolute Gasteiger partial charge is 0.407 e. The molecule has 2 aromatic rings. The van der Waals surface area contributed by atoms with Crippen LogP contribution in [0, 0.1) is 12.8 Å². The van der Waals surface area contributed by atoms with Gasteiger partial charge in [0.1, 0.15) is 12.6 Å². The van der Waals surface area contributed by atoms with E-state index in [9.17, 15) is 14.7 Å². The largest absolute Gasteiger partial charge is 0.480 e. The van der Waals surface area contributed by atoms with Crippen molar-refractivity contribution in [2.45, 2.75) is 39.2 Å². The minimum atomic E-state index is -1.05. The second-order valence-corrected chi connectivity index (χ2v) is 7.44. The van der Waals surface area contributed by atoms with Crippen molar-refractivity contribution >= 4 is 12.1 Å². The van der Waals surface area contributed by atoms with Gasteiger partial charge in [-0.15, -0.1) is 0 Å². The number of carboxylic acids is 1. The summed E-state index contributed by atoms with van der Waals surface area (Å²) in [5.41, 5.74) is 5.78. The molecule has 1 aliphatic rings. The van der Waals surface area contributed by atoms with Crippen LogP contribution in [0.1, 0.15) is 42.9 Å². The minimum Gasteiger partial charge on any atom is -0.480 e. The Bertz CT molecular complexity index is 859. The summed E-state index contributed by atoms with van der Waals surface area (Å²) in [6, 6.07) is 13.4. The first-order valence-corrected chi connectivity index (χ1v) is 9.23. The molecular weight excluding hydrogens is 342 g/mol. The van der Waals surface area contributed by atoms with E-state index in [0.717, 1.165) is 16.7 Å². The van der Waals surface area contributed by atoms with Crippen LogP contribution in [-0.4, -0.2) is 29.8 Å². The number of ether oxygens (including phenoxy) is 1. The summed E-state index contributed by atoms with van der Waals surface area (Å²) in [5.74, 6) is -0.938. The lowest BCUT2D eigenvalue weighted by atomic mass is 9.94. The van der Waals surface area contributed by atoms with Crippen molar-refractivity contribution in [1.82, 2.24) is 5.32 Å². The minimum absolute atomic E-state index is 0.0449. The molecule has 0 fully saturated rings. The summed E-state index contributed by atoms with van der Waals surface area (Å²) in [4.78, 5) is 23.5. The molecule has 1 amide bonds. The third-order valence-corrected chi connectivity index (χ3v) is 4.98. The Balaban J connectivity index is 1.75. The molecular formula is C22H25NO4. The van der Waals surface area contributed by atoms with Crippen LogP contribution in [0.5, 0.6) is 0 Å². The predicted molar refractivity (Wildman–Crippen MR) is 104 cm³/mol. The number of carboxylic acid groups (broad SMARTS) is 1. The fourth-order valence-electron chi connectivity index (χ4n) is 3.79. The monoisotopic (exact) mass is 367 g/mol. The van der Waals surface area contributed by atoms with Crippen molar-refractivity contribution in [2.24, 2.45) is 5.92 Å². The van der Waals surface area contributed by atoms with Gasteiger partial charge in [0.25, 0.3) is 0 Å². The summed E-state index contributed by atoms with van der Waals surface area (Å²) >= 11 is 0. The van der Waals surface area contributed by atoms with Gasteiger partial charge in [0.2, 0.25) is 0 Å². The average molecular weight is 367 g/mol. The second-order valence-electron chi connectivity index (χ2n) is 7.44. The molecule has 27 heavy (non-hydrogen) atoms. The average Bonchev–Trinajstić information content (AvgIpc) is 2.94. The lowest BCUT2D eigenvalue weighted by molar-refractivity contribution is -0.139. The lowest BCUT2D eigenvalue weighted by Gasteiger charge is -2.19. The Morgan fingerprint density at radius 2 is 1.81 bits per heavy atom. The Morgan fingerprint density at radius 3 is 2.52 bits per heavy atom. The summed E-state index contributed by atoms with van der Waals surface area (Å²) in [7, 11) is 0. The van der Waals surface area contributed by atoms with Crippen LogP contribution in [0.15, 0.2) is 42.5 Å². The van der Waals surface area contributed by atoms with E-state index in [4.69, 9.17) is 4.74 Å². The number of aryl methyl sites for hydroxylation is 1. The zero-order valence-electron chi connectivity index (χ0n) is 15.9. The number of carbonyl (C=O) groups is 2. The molecule has 5 heteroatoms. The summed E-state index contributed by atoms with van der Waals surface area (Å²) in [6.45, 7) is 6.06. The topological polar surface area (TPSA) is 75.6 Å². The molecule has 2 aromatic carbocycles. The summed E-state index contributed by atoms with van der Waals surface area (Å²) in [5, 5.41) is 11.8. The van der Waals surface area contributed by atoms with Gasteiger partial charge in [-0.3, -0.25) is 0 Å². The van der Waals surface area contributed by atoms with Gasteiger partial charge in [0, 0.05) is 5.92 Å². The van der Waals surface area contributed by atoms with Gasteiger partial charge < -0.3 is 15.2 Å². The number of benzene rings is 2. The molecule has 0 aromatic heterocycles. The Hall–Kier alpha value is -2.82. The summed E-state index contributed by atoms with van der Waals surface area (Å²) < 4.78 is 5.44. The maximum Gasteiger partial charge on any atom is 0.407 e. The van der Waals surface area contributed by atoms with Crippen molar-refractivity contribution in [3.63, 3.8) is 0 Å². The van der Waals surface area contributed by atoms with Crippen LogP contribution >= 0.6 is 0 Å². The van der Waals surface area contributed by atoms with E-state index in [-0.39, 0.29) is 18.4 Å². The van der Waals surface area contributed by atoms with Gasteiger partial charge in [-0.1, -0.05) is 56.3 Å². The molecule has 0 saturated heterocycles. The molecule has 0 spiro atoms. The van der Waals surface area contributed by atoms with Crippen LogP contribution in [0.2, 0.25) is 0 Å². The maximum absolute atomic E-state index is 12.2. The molecule has 3 rings (SSSR count). The fourth-order valence-corrected chi connectivity index (χ4v) is 3.79. The number of hydrogen-bond donors (Lipinski definition) is 2. The quantitative estimate of drug-likeness (QED) is 0.797. The van der Waals surface area contributed by atoms with Gasteiger partial charge in [-0.05, 0) is 47.1 Å². The van der Waals surface area contributed by atoms with Gasteiger partial charge in [0.05, 0.1) is 0 Å². The first-order chi connectivity index (χ1) is 12.9. The Morgan fingerprint density at radius 1 is 1.11 bits per heavy atom.